The van der Waals surface area contributed by atoms with Gasteiger partial charge in [-0.3, -0.25) is 4.79 Å². The second kappa shape index (κ2) is 4.14. The topological polar surface area (TPSA) is 59.8 Å². The van der Waals surface area contributed by atoms with E-state index in [1.807, 2.05) is 25.1 Å². The molecular weight excluding hydrogens is 204 g/mol. The summed E-state index contributed by atoms with van der Waals surface area (Å²) in [5.74, 6) is 0.565. The van der Waals surface area contributed by atoms with E-state index in [0.717, 1.165) is 5.69 Å². The number of amides is 1. The molecule has 0 radical (unpaired) electrons. The number of rotatable bonds is 2. The summed E-state index contributed by atoms with van der Waals surface area (Å²) in [6, 6.07) is 5.55. The van der Waals surface area contributed by atoms with Crippen LogP contribution in [-0.2, 0) is 0 Å². The molecule has 0 atom stereocenters. The maximum Gasteiger partial charge on any atom is 0.254 e. The van der Waals surface area contributed by atoms with Gasteiger partial charge in [-0.1, -0.05) is 6.07 Å². The number of pyridine rings is 1. The van der Waals surface area contributed by atoms with Crippen LogP contribution in [0.1, 0.15) is 16.1 Å². The maximum atomic E-state index is 11.5. The number of aromatic nitrogens is 3. The smallest absolute Gasteiger partial charge is 0.254 e. The highest BCUT2D eigenvalue weighted by Gasteiger charge is 2.13. The summed E-state index contributed by atoms with van der Waals surface area (Å²) in [6.45, 7) is 1.84. The zero-order chi connectivity index (χ0) is 11.5. The molecule has 2 aromatic heterocycles. The van der Waals surface area contributed by atoms with Crippen molar-refractivity contribution in [2.24, 2.45) is 0 Å². The van der Waals surface area contributed by atoms with Crippen LogP contribution in [0.25, 0.3) is 5.82 Å². The summed E-state index contributed by atoms with van der Waals surface area (Å²) in [5.41, 5.74) is 1.34. The molecule has 5 nitrogen and oxygen atoms in total. The van der Waals surface area contributed by atoms with Crippen LogP contribution in [0.15, 0.2) is 30.6 Å². The van der Waals surface area contributed by atoms with Crippen molar-refractivity contribution in [1.29, 1.82) is 0 Å². The number of hydrogen-bond donors (Lipinski definition) is 1. The lowest BCUT2D eigenvalue weighted by Gasteiger charge is -2.03. The monoisotopic (exact) mass is 216 g/mol. The first-order valence-electron chi connectivity index (χ1n) is 4.92. The third-order valence-corrected chi connectivity index (χ3v) is 2.35. The Kier molecular flexibility index (Phi) is 2.68. The second-order valence-corrected chi connectivity index (χ2v) is 3.32. The molecule has 1 amide bonds. The Morgan fingerprint density at radius 2 is 2.25 bits per heavy atom. The molecule has 2 heterocycles. The lowest BCUT2D eigenvalue weighted by atomic mass is 10.2. The molecule has 2 aromatic rings. The van der Waals surface area contributed by atoms with E-state index in [2.05, 4.69) is 15.4 Å². The van der Waals surface area contributed by atoms with E-state index in [9.17, 15) is 4.79 Å². The van der Waals surface area contributed by atoms with Gasteiger partial charge >= 0.3 is 0 Å². The van der Waals surface area contributed by atoms with Crippen LogP contribution in [0.3, 0.4) is 0 Å². The molecule has 0 aliphatic rings. The van der Waals surface area contributed by atoms with Gasteiger partial charge in [0.05, 0.1) is 17.5 Å². The highest BCUT2D eigenvalue weighted by Crippen LogP contribution is 2.11. The van der Waals surface area contributed by atoms with Crippen LogP contribution >= 0.6 is 0 Å². The van der Waals surface area contributed by atoms with Gasteiger partial charge in [0.2, 0.25) is 0 Å². The maximum absolute atomic E-state index is 11.5. The summed E-state index contributed by atoms with van der Waals surface area (Å²) >= 11 is 0. The van der Waals surface area contributed by atoms with Crippen LogP contribution in [0, 0.1) is 6.92 Å². The zero-order valence-corrected chi connectivity index (χ0v) is 9.14. The second-order valence-electron chi connectivity index (χ2n) is 3.32. The molecule has 0 aliphatic heterocycles. The third kappa shape index (κ3) is 1.67. The van der Waals surface area contributed by atoms with Gasteiger partial charge in [-0.25, -0.2) is 9.67 Å². The Hall–Kier alpha value is -2.17. The van der Waals surface area contributed by atoms with Crippen LogP contribution in [0.5, 0.6) is 0 Å². The first kappa shape index (κ1) is 10.4. The van der Waals surface area contributed by atoms with Crippen molar-refractivity contribution < 1.29 is 4.79 Å². The third-order valence-electron chi connectivity index (χ3n) is 2.35. The molecule has 0 unspecified atom stereocenters. The summed E-state index contributed by atoms with van der Waals surface area (Å²) < 4.78 is 1.64. The van der Waals surface area contributed by atoms with Gasteiger partial charge in [0.1, 0.15) is 0 Å². The van der Waals surface area contributed by atoms with E-state index in [-0.39, 0.29) is 5.91 Å². The van der Waals surface area contributed by atoms with Crippen molar-refractivity contribution in [1.82, 2.24) is 20.1 Å². The first-order chi connectivity index (χ1) is 7.74. The van der Waals surface area contributed by atoms with Crippen molar-refractivity contribution >= 4 is 5.91 Å². The van der Waals surface area contributed by atoms with E-state index < -0.39 is 0 Å². The minimum absolute atomic E-state index is 0.139. The number of carbonyl (C=O) groups is 1. The van der Waals surface area contributed by atoms with Crippen LogP contribution in [0.2, 0.25) is 0 Å². The van der Waals surface area contributed by atoms with Crippen LogP contribution in [-0.4, -0.2) is 27.7 Å². The van der Waals surface area contributed by atoms with E-state index in [1.165, 1.54) is 0 Å². The highest BCUT2D eigenvalue weighted by atomic mass is 16.1. The zero-order valence-electron chi connectivity index (χ0n) is 9.14. The largest absolute Gasteiger partial charge is 0.355 e. The average molecular weight is 216 g/mol. The molecule has 0 aromatic carbocycles. The molecular formula is C11H12N4O. The van der Waals surface area contributed by atoms with E-state index in [0.29, 0.717) is 11.4 Å². The number of nitrogens with zero attached hydrogens (tertiary/aromatic N) is 3. The fourth-order valence-electron chi connectivity index (χ4n) is 1.48. The summed E-state index contributed by atoms with van der Waals surface area (Å²) in [5, 5.41) is 6.72. The minimum atomic E-state index is -0.139. The van der Waals surface area contributed by atoms with Gasteiger partial charge in [0.25, 0.3) is 5.91 Å². The van der Waals surface area contributed by atoms with Gasteiger partial charge in [-0.15, -0.1) is 0 Å². The Labute approximate surface area is 93.1 Å². The van der Waals surface area contributed by atoms with Crippen LogP contribution in [0.4, 0.5) is 0 Å². The quantitative estimate of drug-likeness (QED) is 0.812. The van der Waals surface area contributed by atoms with Gasteiger partial charge in [0, 0.05) is 13.2 Å². The molecule has 0 aliphatic carbocycles. The summed E-state index contributed by atoms with van der Waals surface area (Å²) in [4.78, 5) is 15.7. The molecule has 0 bridgehead atoms. The SMILES string of the molecule is CNC(=O)c1cnn(-c2ccccn2)c1C. The first-order valence-corrected chi connectivity index (χ1v) is 4.92. The Bertz CT molecular complexity index is 504. The van der Waals surface area contributed by atoms with Gasteiger partial charge < -0.3 is 5.32 Å². The fraction of sp³-hybridized carbons (Fsp3) is 0.182. The molecule has 0 saturated heterocycles. The Morgan fingerprint density at radius 1 is 1.44 bits per heavy atom. The predicted octanol–water partition coefficient (Wildman–Crippen LogP) is 0.935. The van der Waals surface area contributed by atoms with Crippen LogP contribution < -0.4 is 5.32 Å². The summed E-state index contributed by atoms with van der Waals surface area (Å²) in [6.07, 6.45) is 3.23. The molecule has 82 valence electrons. The van der Waals surface area contributed by atoms with E-state index >= 15 is 0 Å². The lowest BCUT2D eigenvalue weighted by Crippen LogP contribution is -2.18. The molecule has 0 fully saturated rings. The Balaban J connectivity index is 2.45. The van der Waals surface area contributed by atoms with Gasteiger partial charge in [0.15, 0.2) is 5.82 Å². The number of hydrogen-bond acceptors (Lipinski definition) is 3. The minimum Gasteiger partial charge on any atom is -0.355 e. The highest BCUT2D eigenvalue weighted by molar-refractivity contribution is 5.94. The van der Waals surface area contributed by atoms with E-state index in [4.69, 9.17) is 0 Å². The molecule has 2 rings (SSSR count). The molecule has 1 N–H and O–H groups in total. The standard InChI is InChI=1S/C11H12N4O/c1-8-9(11(16)12-2)7-14-15(8)10-5-3-4-6-13-10/h3-7H,1-2H3,(H,12,16). The normalized spacial score (nSPS) is 10.1. The molecule has 0 spiro atoms. The lowest BCUT2D eigenvalue weighted by molar-refractivity contribution is 0.0962. The van der Waals surface area contributed by atoms with Gasteiger partial charge in [-0.05, 0) is 19.1 Å². The Morgan fingerprint density at radius 3 is 2.88 bits per heavy atom. The van der Waals surface area contributed by atoms with E-state index in [1.54, 1.807) is 24.1 Å². The van der Waals surface area contributed by atoms with Crippen molar-refractivity contribution in [3.63, 3.8) is 0 Å². The molecule has 16 heavy (non-hydrogen) atoms. The predicted molar refractivity (Wildman–Crippen MR) is 59.5 cm³/mol. The summed E-state index contributed by atoms with van der Waals surface area (Å²) in [7, 11) is 1.60. The van der Waals surface area contributed by atoms with Crippen molar-refractivity contribution in [2.45, 2.75) is 6.92 Å². The van der Waals surface area contributed by atoms with Crippen molar-refractivity contribution in [3.8, 4) is 5.82 Å². The van der Waals surface area contributed by atoms with Crippen molar-refractivity contribution in [3.05, 3.63) is 41.9 Å². The van der Waals surface area contributed by atoms with Gasteiger partial charge in [-0.2, -0.15) is 5.10 Å². The number of nitrogens with one attached hydrogen (secondary N) is 1. The average Bonchev–Trinajstić information content (AvgIpc) is 2.71. The fourth-order valence-corrected chi connectivity index (χ4v) is 1.48. The van der Waals surface area contributed by atoms with Crippen molar-refractivity contribution in [2.75, 3.05) is 7.05 Å². The molecule has 5 heteroatoms. The number of carbonyl (C=O) groups excluding carboxylic acids is 1. The molecule has 0 saturated carbocycles.